The Morgan fingerprint density at radius 1 is 1.40 bits per heavy atom. The molecule has 0 unspecified atom stereocenters. The van der Waals surface area contributed by atoms with Crippen LogP contribution in [0.15, 0.2) is 30.3 Å². The van der Waals surface area contributed by atoms with Crippen LogP contribution in [0.5, 0.6) is 0 Å². The number of aromatic nitrogens is 1. The zero-order chi connectivity index (χ0) is 14.9. The van der Waals surface area contributed by atoms with E-state index in [1.165, 1.54) is 28.8 Å². The maximum atomic E-state index is 14.0. The first-order valence-corrected chi connectivity index (χ1v) is 5.82. The third-order valence-corrected chi connectivity index (χ3v) is 2.96. The van der Waals surface area contributed by atoms with Crippen molar-refractivity contribution in [2.75, 3.05) is 0 Å². The van der Waals surface area contributed by atoms with Crippen molar-refractivity contribution in [3.8, 4) is 11.3 Å². The quantitative estimate of drug-likeness (QED) is 0.688. The maximum Gasteiger partial charge on any atom is 0.352 e. The number of nitro groups is 1. The van der Waals surface area contributed by atoms with Crippen LogP contribution in [0.2, 0.25) is 0 Å². The molecule has 0 bridgehead atoms. The molecular weight excluding hydrogens is 267 g/mol. The first-order valence-electron chi connectivity index (χ1n) is 5.82. The van der Waals surface area contributed by atoms with Crippen molar-refractivity contribution >= 4 is 11.7 Å². The normalized spacial score (nSPS) is 10.5. The second-order valence-electron chi connectivity index (χ2n) is 4.07. The van der Waals surface area contributed by atoms with Crippen LogP contribution < -0.4 is 0 Å². The minimum atomic E-state index is -1.11. The van der Waals surface area contributed by atoms with E-state index in [1.54, 1.807) is 6.92 Å². The molecule has 0 aliphatic rings. The Bertz CT molecular complexity index is 694. The van der Waals surface area contributed by atoms with Gasteiger partial charge in [-0.1, -0.05) is 0 Å². The molecule has 1 aromatic heterocycles. The Labute approximate surface area is 113 Å². The van der Waals surface area contributed by atoms with E-state index in [4.69, 9.17) is 5.11 Å². The van der Waals surface area contributed by atoms with Crippen LogP contribution in [0, 0.1) is 15.9 Å². The summed E-state index contributed by atoms with van der Waals surface area (Å²) in [6, 6.07) is 6.15. The predicted octanol–water partition coefficient (Wildman–Crippen LogP) is 2.92. The SMILES string of the molecule is CCn1c(C(=O)O)ccc1-c1ccc([N+](=O)[O-])cc1F. The van der Waals surface area contributed by atoms with E-state index in [2.05, 4.69) is 0 Å². The van der Waals surface area contributed by atoms with Crippen LogP contribution in [0.4, 0.5) is 10.1 Å². The molecular formula is C13H11FN2O4. The zero-order valence-electron chi connectivity index (χ0n) is 10.5. The predicted molar refractivity (Wildman–Crippen MR) is 69.1 cm³/mol. The van der Waals surface area contributed by atoms with E-state index >= 15 is 0 Å². The second-order valence-corrected chi connectivity index (χ2v) is 4.07. The number of hydrogen-bond donors (Lipinski definition) is 1. The van der Waals surface area contributed by atoms with Gasteiger partial charge in [0.2, 0.25) is 0 Å². The van der Waals surface area contributed by atoms with Gasteiger partial charge in [0, 0.05) is 18.2 Å². The minimum Gasteiger partial charge on any atom is -0.477 e. The highest BCUT2D eigenvalue weighted by molar-refractivity contribution is 5.87. The highest BCUT2D eigenvalue weighted by Gasteiger charge is 2.18. The smallest absolute Gasteiger partial charge is 0.352 e. The fraction of sp³-hybridized carbons (Fsp3) is 0.154. The molecule has 0 atom stereocenters. The fourth-order valence-corrected chi connectivity index (χ4v) is 2.06. The average molecular weight is 278 g/mol. The van der Waals surface area contributed by atoms with Crippen LogP contribution in [-0.2, 0) is 6.54 Å². The molecule has 6 nitrogen and oxygen atoms in total. The van der Waals surface area contributed by atoms with E-state index in [1.807, 2.05) is 0 Å². The fourth-order valence-electron chi connectivity index (χ4n) is 2.06. The molecule has 7 heteroatoms. The average Bonchev–Trinajstić information content (AvgIpc) is 2.82. The van der Waals surface area contributed by atoms with Gasteiger partial charge in [0.15, 0.2) is 0 Å². The van der Waals surface area contributed by atoms with Gasteiger partial charge in [-0.05, 0) is 25.1 Å². The Balaban J connectivity index is 2.57. The minimum absolute atomic E-state index is 0.0419. The summed E-state index contributed by atoms with van der Waals surface area (Å²) in [6.07, 6.45) is 0. The van der Waals surface area contributed by atoms with Crippen LogP contribution in [0.3, 0.4) is 0 Å². The van der Waals surface area contributed by atoms with Crippen molar-refractivity contribution in [3.63, 3.8) is 0 Å². The Kier molecular flexibility index (Phi) is 3.51. The number of carboxylic acids is 1. The molecule has 0 spiro atoms. The number of halogens is 1. The molecule has 1 heterocycles. The van der Waals surface area contributed by atoms with Crippen molar-refractivity contribution in [1.29, 1.82) is 0 Å². The van der Waals surface area contributed by atoms with Gasteiger partial charge in [0.05, 0.1) is 16.7 Å². The van der Waals surface area contributed by atoms with Gasteiger partial charge in [-0.25, -0.2) is 9.18 Å². The van der Waals surface area contributed by atoms with Gasteiger partial charge in [-0.2, -0.15) is 0 Å². The lowest BCUT2D eigenvalue weighted by molar-refractivity contribution is -0.385. The van der Waals surface area contributed by atoms with Gasteiger partial charge in [0.1, 0.15) is 11.5 Å². The third kappa shape index (κ3) is 2.25. The molecule has 0 fully saturated rings. The molecule has 1 aromatic carbocycles. The molecule has 0 aliphatic heterocycles. The van der Waals surface area contributed by atoms with Gasteiger partial charge < -0.3 is 9.67 Å². The summed E-state index contributed by atoms with van der Waals surface area (Å²) in [5.41, 5.74) is 0.196. The number of rotatable bonds is 4. The summed E-state index contributed by atoms with van der Waals surface area (Å²) in [6.45, 7) is 2.08. The van der Waals surface area contributed by atoms with E-state index < -0.39 is 16.7 Å². The third-order valence-electron chi connectivity index (χ3n) is 2.96. The van der Waals surface area contributed by atoms with E-state index in [0.717, 1.165) is 6.07 Å². The summed E-state index contributed by atoms with van der Waals surface area (Å²) in [4.78, 5) is 20.9. The molecule has 0 saturated carbocycles. The molecule has 0 aliphatic carbocycles. The number of non-ortho nitro benzene ring substituents is 1. The van der Waals surface area contributed by atoms with Crippen LogP contribution in [0.25, 0.3) is 11.3 Å². The molecule has 0 saturated heterocycles. The maximum absolute atomic E-state index is 14.0. The lowest BCUT2D eigenvalue weighted by Crippen LogP contribution is -2.08. The Morgan fingerprint density at radius 2 is 2.10 bits per heavy atom. The number of hydrogen-bond acceptors (Lipinski definition) is 3. The summed E-state index contributed by atoms with van der Waals surface area (Å²) >= 11 is 0. The van der Waals surface area contributed by atoms with Crippen LogP contribution >= 0.6 is 0 Å². The van der Waals surface area contributed by atoms with E-state index in [-0.39, 0.29) is 16.9 Å². The van der Waals surface area contributed by atoms with E-state index in [0.29, 0.717) is 12.2 Å². The topological polar surface area (TPSA) is 85.4 Å². The molecule has 2 aromatic rings. The van der Waals surface area contributed by atoms with Crippen molar-refractivity contribution in [2.45, 2.75) is 13.5 Å². The first-order chi connectivity index (χ1) is 9.45. The largest absolute Gasteiger partial charge is 0.477 e. The molecule has 20 heavy (non-hydrogen) atoms. The van der Waals surface area contributed by atoms with Crippen LogP contribution in [-0.4, -0.2) is 20.6 Å². The number of carbonyl (C=O) groups is 1. The lowest BCUT2D eigenvalue weighted by atomic mass is 10.1. The molecule has 1 N–H and O–H groups in total. The van der Waals surface area contributed by atoms with Gasteiger partial charge in [-0.15, -0.1) is 0 Å². The Hall–Kier alpha value is -2.70. The summed E-state index contributed by atoms with van der Waals surface area (Å²) in [5, 5.41) is 19.6. The molecule has 0 radical (unpaired) electrons. The van der Waals surface area contributed by atoms with Crippen LogP contribution in [0.1, 0.15) is 17.4 Å². The van der Waals surface area contributed by atoms with Crippen molar-refractivity contribution in [2.24, 2.45) is 0 Å². The second kappa shape index (κ2) is 5.12. The molecule has 104 valence electrons. The summed E-state index contributed by atoms with van der Waals surface area (Å²) in [7, 11) is 0. The van der Waals surface area contributed by atoms with Crippen molar-refractivity contribution in [1.82, 2.24) is 4.57 Å². The number of benzene rings is 1. The molecule has 2 rings (SSSR count). The number of carboxylic acid groups (broad SMARTS) is 1. The highest BCUT2D eigenvalue weighted by atomic mass is 19.1. The Morgan fingerprint density at radius 3 is 2.60 bits per heavy atom. The number of nitrogens with zero attached hydrogens (tertiary/aromatic N) is 2. The van der Waals surface area contributed by atoms with Gasteiger partial charge >= 0.3 is 5.97 Å². The zero-order valence-corrected chi connectivity index (χ0v) is 10.5. The summed E-state index contributed by atoms with van der Waals surface area (Å²) < 4.78 is 15.4. The lowest BCUT2D eigenvalue weighted by Gasteiger charge is -2.09. The van der Waals surface area contributed by atoms with Crippen molar-refractivity contribution in [3.05, 3.63) is 52.0 Å². The first kappa shape index (κ1) is 13.7. The number of nitro benzene ring substituents is 1. The van der Waals surface area contributed by atoms with Crippen molar-refractivity contribution < 1.29 is 19.2 Å². The van der Waals surface area contributed by atoms with E-state index in [9.17, 15) is 19.3 Å². The standard InChI is InChI=1S/C13H11FN2O4/c1-2-15-11(5-6-12(15)13(17)18)9-4-3-8(16(19)20)7-10(9)14/h3-7H,2H2,1H3,(H,17,18). The highest BCUT2D eigenvalue weighted by Crippen LogP contribution is 2.28. The van der Waals surface area contributed by atoms with Gasteiger partial charge in [0.25, 0.3) is 5.69 Å². The monoisotopic (exact) mass is 278 g/mol. The van der Waals surface area contributed by atoms with Gasteiger partial charge in [-0.3, -0.25) is 10.1 Å². The number of aromatic carboxylic acids is 1. The molecule has 0 amide bonds. The summed E-state index contributed by atoms with van der Waals surface area (Å²) in [5.74, 6) is -1.87.